The maximum absolute atomic E-state index is 11.8. The lowest BCUT2D eigenvalue weighted by Gasteiger charge is -2.14. The van der Waals surface area contributed by atoms with Gasteiger partial charge >= 0.3 is 5.97 Å². The minimum Gasteiger partial charge on any atom is -0.468 e. The fourth-order valence-corrected chi connectivity index (χ4v) is 3.93. The van der Waals surface area contributed by atoms with Crippen LogP contribution in [0.4, 0.5) is 0 Å². The van der Waals surface area contributed by atoms with Gasteiger partial charge in [0, 0.05) is 4.90 Å². The molecule has 96 valence electrons. The van der Waals surface area contributed by atoms with Crippen LogP contribution in [-0.2, 0) is 22.4 Å². The average Bonchev–Trinajstić information content (AvgIpc) is 3.12. The van der Waals surface area contributed by atoms with Gasteiger partial charge in [0.1, 0.15) is 5.25 Å². The molecule has 1 unspecified atom stereocenters. The highest BCUT2D eigenvalue weighted by atomic mass is 32.2. The molecule has 1 aromatic carbocycles. The molecule has 1 aromatic rings. The Hall–Kier alpha value is -0.960. The van der Waals surface area contributed by atoms with Gasteiger partial charge < -0.3 is 4.74 Å². The smallest absolute Gasteiger partial charge is 0.319 e. The topological polar surface area (TPSA) is 26.3 Å². The Balaban J connectivity index is 1.76. The molecule has 3 rings (SSSR count). The molecule has 2 nitrogen and oxygen atoms in total. The number of benzene rings is 1. The Labute approximate surface area is 112 Å². The second kappa shape index (κ2) is 4.96. The van der Waals surface area contributed by atoms with Crippen molar-refractivity contribution in [2.24, 2.45) is 5.92 Å². The van der Waals surface area contributed by atoms with Crippen LogP contribution >= 0.6 is 11.8 Å². The fraction of sp³-hybridized carbons (Fsp3) is 0.533. The van der Waals surface area contributed by atoms with E-state index < -0.39 is 0 Å². The van der Waals surface area contributed by atoms with E-state index in [2.05, 4.69) is 18.2 Å². The van der Waals surface area contributed by atoms with Crippen LogP contribution in [0.25, 0.3) is 0 Å². The molecule has 0 spiro atoms. The summed E-state index contributed by atoms with van der Waals surface area (Å²) in [6.07, 6.45) is 6.00. The lowest BCUT2D eigenvalue weighted by Crippen LogP contribution is -2.20. The van der Waals surface area contributed by atoms with E-state index in [-0.39, 0.29) is 11.2 Å². The summed E-state index contributed by atoms with van der Waals surface area (Å²) in [5, 5.41) is -0.00514. The predicted octanol–water partition coefficient (Wildman–Crippen LogP) is 3.22. The molecule has 0 amide bonds. The summed E-state index contributed by atoms with van der Waals surface area (Å²) in [5.74, 6) is 0.457. The zero-order chi connectivity index (χ0) is 12.5. The van der Waals surface area contributed by atoms with Gasteiger partial charge in [-0.15, -0.1) is 11.8 Å². The first-order valence-corrected chi connectivity index (χ1v) is 7.52. The van der Waals surface area contributed by atoms with E-state index in [0.29, 0.717) is 5.92 Å². The molecule has 0 aromatic heterocycles. The normalized spacial score (nSPS) is 19.4. The van der Waals surface area contributed by atoms with Crippen LogP contribution in [0.5, 0.6) is 0 Å². The van der Waals surface area contributed by atoms with Gasteiger partial charge in [0.2, 0.25) is 0 Å². The zero-order valence-electron chi connectivity index (χ0n) is 10.6. The number of rotatable bonds is 4. The molecular weight excluding hydrogens is 244 g/mol. The van der Waals surface area contributed by atoms with E-state index in [0.717, 1.165) is 12.8 Å². The molecule has 0 bridgehead atoms. The van der Waals surface area contributed by atoms with Gasteiger partial charge in [-0.2, -0.15) is 0 Å². The Morgan fingerprint density at radius 1 is 1.33 bits per heavy atom. The van der Waals surface area contributed by atoms with E-state index in [1.807, 2.05) is 0 Å². The molecule has 1 atom stereocenters. The largest absolute Gasteiger partial charge is 0.468 e. The van der Waals surface area contributed by atoms with Gasteiger partial charge in [0.05, 0.1) is 7.11 Å². The monoisotopic (exact) mass is 262 g/mol. The van der Waals surface area contributed by atoms with Crippen molar-refractivity contribution in [2.75, 3.05) is 7.11 Å². The standard InChI is InChI=1S/C15H18O2S/c1-17-15(16)14(11-5-6-11)18-13-8-7-10-3-2-4-12(10)9-13/h7-9,11,14H,2-6H2,1H3. The molecule has 18 heavy (non-hydrogen) atoms. The number of thioether (sulfide) groups is 1. The number of methoxy groups -OCH3 is 1. The van der Waals surface area contributed by atoms with Crippen molar-refractivity contribution in [3.05, 3.63) is 29.3 Å². The van der Waals surface area contributed by atoms with Gasteiger partial charge in [-0.3, -0.25) is 4.79 Å². The second-order valence-corrected chi connectivity index (χ2v) is 6.40. The fourth-order valence-electron chi connectivity index (χ4n) is 2.62. The molecule has 0 aliphatic heterocycles. The van der Waals surface area contributed by atoms with E-state index in [4.69, 9.17) is 4.74 Å². The first-order chi connectivity index (χ1) is 8.78. The molecule has 0 saturated heterocycles. The zero-order valence-corrected chi connectivity index (χ0v) is 11.5. The van der Waals surface area contributed by atoms with Gasteiger partial charge in [-0.05, 0) is 61.3 Å². The molecule has 3 heteroatoms. The van der Waals surface area contributed by atoms with E-state index in [9.17, 15) is 4.79 Å². The van der Waals surface area contributed by atoms with Gasteiger partial charge in [0.25, 0.3) is 0 Å². The number of ether oxygens (including phenoxy) is 1. The van der Waals surface area contributed by atoms with Gasteiger partial charge in [-0.25, -0.2) is 0 Å². The summed E-state index contributed by atoms with van der Waals surface area (Å²) < 4.78 is 4.92. The van der Waals surface area contributed by atoms with Crippen molar-refractivity contribution in [1.29, 1.82) is 0 Å². The number of hydrogen-bond acceptors (Lipinski definition) is 3. The third kappa shape index (κ3) is 2.41. The minimum atomic E-state index is -0.0667. The van der Waals surface area contributed by atoms with E-state index in [1.165, 1.54) is 42.4 Å². The van der Waals surface area contributed by atoms with Crippen LogP contribution in [0.1, 0.15) is 30.4 Å². The highest BCUT2D eigenvalue weighted by Gasteiger charge is 2.37. The summed E-state index contributed by atoms with van der Waals surface area (Å²) >= 11 is 1.68. The third-order valence-corrected chi connectivity index (χ3v) is 5.17. The molecule has 2 aliphatic carbocycles. The van der Waals surface area contributed by atoms with Crippen LogP contribution in [0, 0.1) is 5.92 Å². The Morgan fingerprint density at radius 2 is 2.11 bits per heavy atom. The maximum atomic E-state index is 11.8. The van der Waals surface area contributed by atoms with Crippen molar-refractivity contribution in [3.63, 3.8) is 0 Å². The van der Waals surface area contributed by atoms with Crippen LogP contribution in [0.3, 0.4) is 0 Å². The third-order valence-electron chi connectivity index (χ3n) is 3.82. The number of esters is 1. The highest BCUT2D eigenvalue weighted by molar-refractivity contribution is 8.00. The Bertz CT molecular complexity index is 466. The Morgan fingerprint density at radius 3 is 2.83 bits per heavy atom. The van der Waals surface area contributed by atoms with Crippen LogP contribution in [-0.4, -0.2) is 18.3 Å². The first-order valence-electron chi connectivity index (χ1n) is 6.64. The van der Waals surface area contributed by atoms with Crippen LogP contribution < -0.4 is 0 Å². The molecular formula is C15H18O2S. The number of hydrogen-bond donors (Lipinski definition) is 0. The van der Waals surface area contributed by atoms with Crippen molar-refractivity contribution in [1.82, 2.24) is 0 Å². The predicted molar refractivity (Wildman–Crippen MR) is 72.9 cm³/mol. The maximum Gasteiger partial charge on any atom is 0.319 e. The van der Waals surface area contributed by atoms with Gasteiger partial charge in [-0.1, -0.05) is 6.07 Å². The van der Waals surface area contributed by atoms with Crippen molar-refractivity contribution in [2.45, 2.75) is 42.2 Å². The quantitative estimate of drug-likeness (QED) is 0.615. The number of carbonyl (C=O) groups excluding carboxylic acids is 1. The van der Waals surface area contributed by atoms with Crippen LogP contribution in [0.2, 0.25) is 0 Å². The van der Waals surface area contributed by atoms with E-state index in [1.54, 1.807) is 11.8 Å². The highest BCUT2D eigenvalue weighted by Crippen LogP contribution is 2.42. The number of fused-ring (bicyclic) bond motifs is 1. The summed E-state index contributed by atoms with van der Waals surface area (Å²) in [4.78, 5) is 13.0. The molecule has 0 radical (unpaired) electrons. The second-order valence-electron chi connectivity index (χ2n) is 5.18. The molecule has 0 N–H and O–H groups in total. The molecule has 2 aliphatic rings. The summed E-state index contributed by atoms with van der Waals surface area (Å²) in [5.41, 5.74) is 2.96. The SMILES string of the molecule is COC(=O)C(Sc1ccc2c(c1)CCC2)C1CC1. The Kier molecular flexibility index (Phi) is 3.33. The lowest BCUT2D eigenvalue weighted by atomic mass is 10.1. The summed E-state index contributed by atoms with van der Waals surface area (Å²) in [7, 11) is 1.49. The molecule has 0 heterocycles. The number of carbonyl (C=O) groups is 1. The van der Waals surface area contributed by atoms with Crippen molar-refractivity contribution in [3.8, 4) is 0 Å². The summed E-state index contributed by atoms with van der Waals surface area (Å²) in [6, 6.07) is 6.66. The molecule has 1 fully saturated rings. The minimum absolute atomic E-state index is 0.00514. The first kappa shape index (κ1) is 12.1. The van der Waals surface area contributed by atoms with Crippen molar-refractivity contribution < 1.29 is 9.53 Å². The van der Waals surface area contributed by atoms with Gasteiger partial charge in [0.15, 0.2) is 0 Å². The summed E-state index contributed by atoms with van der Waals surface area (Å²) in [6.45, 7) is 0. The average molecular weight is 262 g/mol. The molecule has 1 saturated carbocycles. The number of aryl methyl sites for hydroxylation is 2. The van der Waals surface area contributed by atoms with E-state index >= 15 is 0 Å². The van der Waals surface area contributed by atoms with Crippen LogP contribution in [0.15, 0.2) is 23.1 Å². The van der Waals surface area contributed by atoms with Crippen molar-refractivity contribution >= 4 is 17.7 Å². The lowest BCUT2D eigenvalue weighted by molar-refractivity contribution is -0.140.